The molecule has 60 heavy (non-hydrogen) atoms. The van der Waals surface area contributed by atoms with Gasteiger partial charge in [0, 0.05) is 45.5 Å². The van der Waals surface area contributed by atoms with Crippen molar-refractivity contribution in [1.82, 2.24) is 0 Å². The maximum Gasteiger partial charge on any atom is 3.00 e. The van der Waals surface area contributed by atoms with E-state index in [0.717, 1.165) is 24.3 Å². The number of hydrogen-bond acceptors (Lipinski definition) is 17. The fraction of sp³-hybridized carbons (Fsp3) is 0. The Morgan fingerprint density at radius 1 is 0.483 bits per heavy atom. The Kier molecular flexibility index (Phi) is 16.3. The molecule has 0 bridgehead atoms. The molecule has 0 atom stereocenters. The van der Waals surface area contributed by atoms with Gasteiger partial charge in [0.15, 0.2) is 0 Å². The first-order valence-corrected chi connectivity index (χ1v) is 17.2. The minimum Gasteiger partial charge on any atom is -0.871 e. The molecule has 0 fully saturated rings. The molecule has 0 unspecified atom stereocenters. The Balaban J connectivity index is 0.000000309. The van der Waals surface area contributed by atoms with Crippen LogP contribution in [0.1, 0.15) is 0 Å². The summed E-state index contributed by atoms with van der Waals surface area (Å²) in [6.07, 6.45) is 0. The van der Waals surface area contributed by atoms with Gasteiger partial charge < -0.3 is 25.0 Å². The number of fused-ring (bicyclic) bond motifs is 3. The van der Waals surface area contributed by atoms with Gasteiger partial charge in [0.25, 0.3) is 17.1 Å². The van der Waals surface area contributed by atoms with E-state index in [9.17, 15) is 63.7 Å². The van der Waals surface area contributed by atoms with Gasteiger partial charge in [-0.25, -0.2) is 8.42 Å². The predicted octanol–water partition coefficient (Wildman–Crippen LogP) is 0.592. The van der Waals surface area contributed by atoms with Gasteiger partial charge in [0.05, 0.1) is 48.5 Å². The van der Waals surface area contributed by atoms with E-state index in [4.69, 9.17) is 0 Å². The number of non-ortho nitro benzene ring substituents is 2. The molecule has 0 aliphatic heterocycles. The molecule has 1 radical (unpaired) electrons. The van der Waals surface area contributed by atoms with Crippen molar-refractivity contribution in [1.29, 1.82) is 0 Å². The SMILES string of the molecule is O=[N+]([O-])c1cc(N=Nc2c([O-])ccc3ccccc23)c([O-])c([N+](=O)[O-])c1.O=[N+]([O-])c1ccc2c(N=Nc3c([O-])ccc4ccccc34)c([O-])cc(S(=O)(=O)[O-])c2c1.[Cr+3].[Na+].[Na+]. The van der Waals surface area contributed by atoms with E-state index in [1.807, 2.05) is 0 Å². The van der Waals surface area contributed by atoms with Crippen LogP contribution in [0.25, 0.3) is 32.3 Å². The number of benzene rings is 7. The molecular weight excluding hydrogens is 868 g/mol. The number of azo groups is 2. The van der Waals surface area contributed by atoms with E-state index in [2.05, 4.69) is 20.5 Å². The standard InChI is InChI=1S/C20H13N3O7S.C16H10N4O6.Cr.2Na/c24-16-8-5-11-3-1-2-4-13(11)19(16)21-22-20-14-7-6-12(23(26)27)9-15(14)18(10-17(20)25)31(28,29)30;21-14-6-5-9-3-1-2-4-11(9)15(14)18-17-12-7-10(19(23)24)8-13(16(12)22)20(25)26;;;/h1-10,24-25H,(H,28,29,30);1-8,21-22H;;;/q;;+3;2*+1/p-5. The summed E-state index contributed by atoms with van der Waals surface area (Å²) >= 11 is 0. The van der Waals surface area contributed by atoms with Crippen LogP contribution >= 0.6 is 0 Å². The molecule has 0 spiro atoms. The minimum atomic E-state index is -5.11. The Morgan fingerprint density at radius 3 is 1.45 bits per heavy atom. The largest absolute Gasteiger partial charge is 3.00 e. The smallest absolute Gasteiger partial charge is 0.871 e. The van der Waals surface area contributed by atoms with Gasteiger partial charge in [0.1, 0.15) is 10.1 Å². The van der Waals surface area contributed by atoms with E-state index in [0.29, 0.717) is 33.7 Å². The minimum absolute atomic E-state index is 0. The molecule has 7 aromatic carbocycles. The first-order chi connectivity index (χ1) is 27.0. The summed E-state index contributed by atoms with van der Waals surface area (Å²) < 4.78 is 34.8. The van der Waals surface area contributed by atoms with Gasteiger partial charge in [-0.2, -0.15) is 20.5 Å². The van der Waals surface area contributed by atoms with E-state index >= 15 is 0 Å². The summed E-state index contributed by atoms with van der Waals surface area (Å²) in [5.41, 5.74) is -3.21. The quantitative estimate of drug-likeness (QED) is 0.0664. The van der Waals surface area contributed by atoms with Crippen LogP contribution in [0.15, 0.2) is 135 Å². The zero-order valence-electron chi connectivity index (χ0n) is 30.6. The molecule has 0 saturated carbocycles. The number of nitrogens with zero attached hydrogens (tertiary/aromatic N) is 7. The first-order valence-electron chi connectivity index (χ1n) is 15.8. The van der Waals surface area contributed by atoms with Crippen LogP contribution in [0.5, 0.6) is 23.0 Å². The third-order valence-electron chi connectivity index (χ3n) is 8.18. The second-order valence-corrected chi connectivity index (χ2v) is 13.0. The van der Waals surface area contributed by atoms with E-state index in [-0.39, 0.29) is 104 Å². The summed E-state index contributed by atoms with van der Waals surface area (Å²) in [5, 5.41) is 98.8. The van der Waals surface area contributed by atoms with Crippen LogP contribution < -0.4 is 79.5 Å². The summed E-state index contributed by atoms with van der Waals surface area (Å²) in [5.74, 6) is -2.99. The fourth-order valence-electron chi connectivity index (χ4n) is 5.54. The Labute approximate surface area is 391 Å². The molecule has 0 N–H and O–H groups in total. The second-order valence-electron chi connectivity index (χ2n) is 11.7. The maximum absolute atomic E-state index is 12.5. The van der Waals surface area contributed by atoms with E-state index < -0.39 is 75.5 Å². The molecule has 0 aliphatic carbocycles. The normalized spacial score (nSPS) is 11.0. The molecule has 0 aromatic heterocycles. The van der Waals surface area contributed by atoms with Crippen molar-refractivity contribution in [3.63, 3.8) is 0 Å². The molecule has 0 saturated heterocycles. The van der Waals surface area contributed by atoms with Crippen LogP contribution in [0.2, 0.25) is 0 Å². The third-order valence-corrected chi connectivity index (χ3v) is 9.05. The van der Waals surface area contributed by atoms with Crippen LogP contribution in [-0.2, 0) is 27.5 Å². The first kappa shape index (κ1) is 48.7. The van der Waals surface area contributed by atoms with Crippen LogP contribution in [0.4, 0.5) is 39.8 Å². The number of rotatable bonds is 8. The van der Waals surface area contributed by atoms with Gasteiger partial charge >= 0.3 is 76.5 Å². The van der Waals surface area contributed by atoms with Crippen molar-refractivity contribution in [3.8, 4) is 23.0 Å². The number of nitro benzene ring substituents is 3. The summed E-state index contributed by atoms with van der Waals surface area (Å²) in [7, 11) is -5.11. The molecule has 7 rings (SSSR count). The average Bonchev–Trinajstić information content (AvgIpc) is 3.17. The average molecular weight is 887 g/mol. The van der Waals surface area contributed by atoms with Crippen LogP contribution in [0, 0.1) is 30.3 Å². The molecule has 24 heteroatoms. The van der Waals surface area contributed by atoms with Crippen molar-refractivity contribution in [2.45, 2.75) is 4.90 Å². The molecule has 0 amide bonds. The maximum atomic E-state index is 12.5. The van der Waals surface area contributed by atoms with Crippen molar-refractivity contribution in [2.75, 3.05) is 0 Å². The van der Waals surface area contributed by atoms with Gasteiger partial charge in [-0.1, -0.05) is 90.0 Å². The van der Waals surface area contributed by atoms with E-state index in [1.165, 1.54) is 12.1 Å². The number of nitro groups is 3. The summed E-state index contributed by atoms with van der Waals surface area (Å²) in [6, 6.07) is 24.3. The molecule has 20 nitrogen and oxygen atoms in total. The molecule has 0 aliphatic rings. The van der Waals surface area contributed by atoms with Crippen LogP contribution in [-0.4, -0.2) is 27.7 Å². The zero-order chi connectivity index (χ0) is 41.2. The topological polar surface area (TPSA) is 328 Å². The van der Waals surface area contributed by atoms with Crippen molar-refractivity contribution < 1.29 is 125 Å². The molecule has 0 heterocycles. The molecular formula is C36H18CrN7Na2O13S. The Bertz CT molecular complexity index is 3010. The van der Waals surface area contributed by atoms with Gasteiger partial charge in [-0.15, -0.1) is 0 Å². The molecule has 7 aromatic rings. The zero-order valence-corrected chi connectivity index (χ0v) is 36.7. The van der Waals surface area contributed by atoms with Gasteiger partial charge in [0.2, 0.25) is 0 Å². The van der Waals surface area contributed by atoms with Crippen molar-refractivity contribution in [2.24, 2.45) is 20.5 Å². The summed E-state index contributed by atoms with van der Waals surface area (Å²) in [6.45, 7) is 0. The fourth-order valence-corrected chi connectivity index (χ4v) is 6.23. The number of hydrogen-bond donors (Lipinski definition) is 0. The van der Waals surface area contributed by atoms with Gasteiger partial charge in [-0.05, 0) is 22.9 Å². The second kappa shape index (κ2) is 20.1. The van der Waals surface area contributed by atoms with E-state index in [1.54, 1.807) is 60.7 Å². The van der Waals surface area contributed by atoms with Crippen molar-refractivity contribution in [3.05, 3.63) is 140 Å². The van der Waals surface area contributed by atoms with Crippen molar-refractivity contribution >= 4 is 82.2 Å². The molecule has 289 valence electrons. The van der Waals surface area contributed by atoms with Gasteiger partial charge in [-0.3, -0.25) is 30.3 Å². The third kappa shape index (κ3) is 10.4. The predicted molar refractivity (Wildman–Crippen MR) is 192 cm³/mol. The monoisotopic (exact) mass is 886 g/mol. The summed E-state index contributed by atoms with van der Waals surface area (Å²) in [4.78, 5) is 29.3. The Morgan fingerprint density at radius 2 is 0.967 bits per heavy atom. The Hall–Kier alpha value is -5.64. The van der Waals surface area contributed by atoms with Crippen LogP contribution in [0.3, 0.4) is 0 Å².